The van der Waals surface area contributed by atoms with Crippen LogP contribution in [0.15, 0.2) is 48.5 Å². The van der Waals surface area contributed by atoms with Crippen LogP contribution in [-0.2, 0) is 11.3 Å². The number of aliphatic carboxylic acids is 1. The van der Waals surface area contributed by atoms with Gasteiger partial charge in [-0.1, -0.05) is 18.2 Å². The number of carbonyl (C=O) groups excluding carboxylic acids is 1. The molecule has 114 valence electrons. The average Bonchev–Trinajstić information content (AvgIpc) is 2.47. The Morgan fingerprint density at radius 3 is 2.27 bits per heavy atom. The van der Waals surface area contributed by atoms with Crippen molar-refractivity contribution in [2.75, 3.05) is 6.54 Å². The van der Waals surface area contributed by atoms with Gasteiger partial charge in [-0.15, -0.1) is 0 Å². The van der Waals surface area contributed by atoms with Crippen LogP contribution in [0.2, 0.25) is 0 Å². The topological polar surface area (TPSA) is 57.6 Å². The van der Waals surface area contributed by atoms with Crippen LogP contribution >= 0.6 is 0 Å². The van der Waals surface area contributed by atoms with E-state index in [4.69, 9.17) is 5.11 Å². The number of hydrogen-bond donors (Lipinski definition) is 1. The lowest BCUT2D eigenvalue weighted by Gasteiger charge is -2.21. The molecule has 0 atom stereocenters. The van der Waals surface area contributed by atoms with E-state index in [0.717, 1.165) is 11.0 Å². The van der Waals surface area contributed by atoms with Crippen molar-refractivity contribution in [2.24, 2.45) is 0 Å². The predicted molar refractivity (Wildman–Crippen MR) is 75.2 cm³/mol. The van der Waals surface area contributed by atoms with Gasteiger partial charge in [0.05, 0.1) is 0 Å². The predicted octanol–water partition coefficient (Wildman–Crippen LogP) is 2.69. The van der Waals surface area contributed by atoms with E-state index in [1.165, 1.54) is 42.5 Å². The molecular formula is C16H13F2NO3. The van der Waals surface area contributed by atoms with Gasteiger partial charge in [0.1, 0.15) is 18.2 Å². The molecule has 22 heavy (non-hydrogen) atoms. The fourth-order valence-electron chi connectivity index (χ4n) is 1.98. The van der Waals surface area contributed by atoms with Crippen LogP contribution in [0.3, 0.4) is 0 Å². The largest absolute Gasteiger partial charge is 0.480 e. The lowest BCUT2D eigenvalue weighted by atomic mass is 10.1. The van der Waals surface area contributed by atoms with Gasteiger partial charge in [-0.05, 0) is 35.9 Å². The van der Waals surface area contributed by atoms with Crippen molar-refractivity contribution in [2.45, 2.75) is 6.54 Å². The molecule has 4 nitrogen and oxygen atoms in total. The van der Waals surface area contributed by atoms with E-state index >= 15 is 0 Å². The van der Waals surface area contributed by atoms with Crippen LogP contribution < -0.4 is 0 Å². The van der Waals surface area contributed by atoms with Crippen molar-refractivity contribution < 1.29 is 23.5 Å². The minimum absolute atomic E-state index is 0.0120. The molecule has 0 aliphatic carbocycles. The zero-order chi connectivity index (χ0) is 16.1. The van der Waals surface area contributed by atoms with Crippen molar-refractivity contribution in [3.05, 3.63) is 71.3 Å². The Hall–Kier alpha value is -2.76. The van der Waals surface area contributed by atoms with Gasteiger partial charge in [-0.25, -0.2) is 8.78 Å². The molecule has 0 saturated carbocycles. The van der Waals surface area contributed by atoms with E-state index in [9.17, 15) is 18.4 Å². The molecule has 0 aliphatic heterocycles. The standard InChI is InChI=1S/C16H13F2NO3/c17-13-6-4-11(5-7-13)9-19(10-15(20)21)16(22)12-2-1-3-14(18)8-12/h1-8H,9-10H2,(H,20,21). The molecule has 0 heterocycles. The minimum atomic E-state index is -1.19. The molecule has 0 saturated heterocycles. The molecule has 0 bridgehead atoms. The first-order valence-electron chi connectivity index (χ1n) is 6.47. The smallest absolute Gasteiger partial charge is 0.323 e. The third-order valence-electron chi connectivity index (χ3n) is 2.97. The van der Waals surface area contributed by atoms with E-state index < -0.39 is 30.1 Å². The number of halogens is 2. The number of carboxylic acids is 1. The summed E-state index contributed by atoms with van der Waals surface area (Å²) in [6.45, 7) is -0.547. The summed E-state index contributed by atoms with van der Waals surface area (Å²) < 4.78 is 26.1. The molecule has 0 unspecified atom stereocenters. The molecule has 0 radical (unpaired) electrons. The average molecular weight is 305 g/mol. The van der Waals surface area contributed by atoms with Crippen molar-refractivity contribution in [1.29, 1.82) is 0 Å². The molecular weight excluding hydrogens is 292 g/mol. The molecule has 2 rings (SSSR count). The van der Waals surface area contributed by atoms with Crippen LogP contribution in [0, 0.1) is 11.6 Å². The number of hydrogen-bond acceptors (Lipinski definition) is 2. The first-order valence-corrected chi connectivity index (χ1v) is 6.47. The molecule has 2 aromatic carbocycles. The van der Waals surface area contributed by atoms with E-state index in [0.29, 0.717) is 5.56 Å². The maximum Gasteiger partial charge on any atom is 0.323 e. The first kappa shape index (κ1) is 15.6. The van der Waals surface area contributed by atoms with Gasteiger partial charge in [0.2, 0.25) is 0 Å². The third kappa shape index (κ3) is 4.12. The van der Waals surface area contributed by atoms with Crippen LogP contribution in [0.1, 0.15) is 15.9 Å². The van der Waals surface area contributed by atoms with Gasteiger partial charge in [0.15, 0.2) is 0 Å². The SMILES string of the molecule is O=C(O)CN(Cc1ccc(F)cc1)C(=O)c1cccc(F)c1. The van der Waals surface area contributed by atoms with E-state index in [1.54, 1.807) is 0 Å². The lowest BCUT2D eigenvalue weighted by molar-refractivity contribution is -0.137. The number of nitrogens with zero attached hydrogens (tertiary/aromatic N) is 1. The summed E-state index contributed by atoms with van der Waals surface area (Å²) in [5.74, 6) is -2.80. The molecule has 1 amide bonds. The molecule has 0 spiro atoms. The van der Waals surface area contributed by atoms with Gasteiger partial charge in [-0.2, -0.15) is 0 Å². The van der Waals surface area contributed by atoms with E-state index in [-0.39, 0.29) is 12.1 Å². The molecule has 0 aliphatic rings. The van der Waals surface area contributed by atoms with Crippen LogP contribution in [0.25, 0.3) is 0 Å². The molecule has 2 aromatic rings. The van der Waals surface area contributed by atoms with E-state index in [2.05, 4.69) is 0 Å². The summed E-state index contributed by atoms with van der Waals surface area (Å²) in [5, 5.41) is 8.93. The Kier molecular flexibility index (Phi) is 4.83. The third-order valence-corrected chi connectivity index (χ3v) is 2.97. The van der Waals surface area contributed by atoms with Crippen LogP contribution in [0.4, 0.5) is 8.78 Å². The summed E-state index contributed by atoms with van der Waals surface area (Å²) in [5.41, 5.74) is 0.635. The normalized spacial score (nSPS) is 10.3. The van der Waals surface area contributed by atoms with Crippen molar-refractivity contribution in [3.8, 4) is 0 Å². The van der Waals surface area contributed by atoms with Crippen molar-refractivity contribution in [1.82, 2.24) is 4.90 Å². The molecule has 0 fully saturated rings. The zero-order valence-electron chi connectivity index (χ0n) is 11.5. The molecule has 6 heteroatoms. The highest BCUT2D eigenvalue weighted by Gasteiger charge is 2.19. The monoisotopic (exact) mass is 305 g/mol. The van der Waals surface area contributed by atoms with Gasteiger partial charge in [0, 0.05) is 12.1 Å². The first-order chi connectivity index (χ1) is 10.5. The quantitative estimate of drug-likeness (QED) is 0.924. The fraction of sp³-hybridized carbons (Fsp3) is 0.125. The molecule has 1 N–H and O–H groups in total. The highest BCUT2D eigenvalue weighted by Crippen LogP contribution is 2.12. The summed E-state index contributed by atoms with van der Waals surface area (Å²) in [4.78, 5) is 24.3. The lowest BCUT2D eigenvalue weighted by Crippen LogP contribution is -2.35. The van der Waals surface area contributed by atoms with Gasteiger partial charge in [0.25, 0.3) is 5.91 Å². The van der Waals surface area contributed by atoms with Crippen LogP contribution in [-0.4, -0.2) is 28.4 Å². The van der Waals surface area contributed by atoms with Gasteiger partial charge in [-0.3, -0.25) is 9.59 Å². The second kappa shape index (κ2) is 6.80. The maximum absolute atomic E-state index is 13.2. The van der Waals surface area contributed by atoms with E-state index in [1.807, 2.05) is 0 Å². The summed E-state index contributed by atoms with van der Waals surface area (Å²) in [6, 6.07) is 10.4. The van der Waals surface area contributed by atoms with Crippen LogP contribution in [0.5, 0.6) is 0 Å². The number of carboxylic acid groups (broad SMARTS) is 1. The maximum atomic E-state index is 13.2. The number of rotatable bonds is 5. The molecule has 0 aromatic heterocycles. The highest BCUT2D eigenvalue weighted by molar-refractivity contribution is 5.95. The zero-order valence-corrected chi connectivity index (χ0v) is 11.5. The Bertz CT molecular complexity index is 686. The second-order valence-corrected chi connectivity index (χ2v) is 4.69. The number of amides is 1. The summed E-state index contributed by atoms with van der Waals surface area (Å²) in [6.07, 6.45) is 0. The summed E-state index contributed by atoms with van der Waals surface area (Å²) in [7, 11) is 0. The minimum Gasteiger partial charge on any atom is -0.480 e. The Labute approximate surface area is 125 Å². The Morgan fingerprint density at radius 2 is 1.68 bits per heavy atom. The second-order valence-electron chi connectivity index (χ2n) is 4.69. The van der Waals surface area contributed by atoms with Gasteiger partial charge < -0.3 is 10.0 Å². The van der Waals surface area contributed by atoms with Gasteiger partial charge >= 0.3 is 5.97 Å². The van der Waals surface area contributed by atoms with Crippen molar-refractivity contribution in [3.63, 3.8) is 0 Å². The summed E-state index contributed by atoms with van der Waals surface area (Å²) >= 11 is 0. The Balaban J connectivity index is 2.23. The highest BCUT2D eigenvalue weighted by atomic mass is 19.1. The number of benzene rings is 2. The fourth-order valence-corrected chi connectivity index (χ4v) is 1.98. The Morgan fingerprint density at radius 1 is 1.00 bits per heavy atom. The number of carbonyl (C=O) groups is 2. The van der Waals surface area contributed by atoms with Crippen molar-refractivity contribution >= 4 is 11.9 Å².